The van der Waals surface area contributed by atoms with E-state index in [2.05, 4.69) is 5.32 Å². The first-order valence-corrected chi connectivity index (χ1v) is 4.95. The number of benzene rings is 1. The second-order valence-corrected chi connectivity index (χ2v) is 3.67. The minimum absolute atomic E-state index is 0.0108. The number of hydrogen-bond acceptors (Lipinski definition) is 3. The molecule has 0 bridgehead atoms. The smallest absolute Gasteiger partial charge is 0.306 e. The van der Waals surface area contributed by atoms with Gasteiger partial charge in [-0.2, -0.15) is 0 Å². The van der Waals surface area contributed by atoms with E-state index in [0.717, 1.165) is 0 Å². The molecule has 1 atom stereocenters. The minimum Gasteiger partial charge on any atom is -0.481 e. The van der Waals surface area contributed by atoms with E-state index < -0.39 is 17.9 Å². The Balaban J connectivity index is 2.48. The highest BCUT2D eigenvalue weighted by atomic mass is 35.5. The predicted molar refractivity (Wildman–Crippen MR) is 58.2 cm³/mol. The molecule has 0 radical (unpaired) electrons. The predicted octanol–water partition coefficient (Wildman–Crippen LogP) is 1.73. The average molecular weight is 248 g/mol. The van der Waals surface area contributed by atoms with Crippen LogP contribution in [-0.4, -0.2) is 28.8 Å². The molecule has 4 nitrogen and oxygen atoms in total. The van der Waals surface area contributed by atoms with Crippen molar-refractivity contribution in [2.45, 2.75) is 12.5 Å². The number of carbonyl (C=O) groups is 1. The number of aliphatic hydroxyl groups is 1. The van der Waals surface area contributed by atoms with Crippen molar-refractivity contribution in [3.63, 3.8) is 0 Å². The molecule has 0 heterocycles. The molecular formula is C10H11ClFNO3. The average Bonchev–Trinajstić information content (AvgIpc) is 2.19. The molecule has 88 valence electrons. The molecule has 0 aliphatic carbocycles. The molecule has 0 saturated carbocycles. The molecular weight excluding hydrogens is 237 g/mol. The number of halogens is 2. The number of aliphatic carboxylic acids is 1. The van der Waals surface area contributed by atoms with Crippen molar-refractivity contribution in [2.24, 2.45) is 0 Å². The van der Waals surface area contributed by atoms with Crippen LogP contribution in [0.15, 0.2) is 18.2 Å². The Hall–Kier alpha value is -1.33. The second kappa shape index (κ2) is 5.67. The largest absolute Gasteiger partial charge is 0.481 e. The number of hydrogen-bond donors (Lipinski definition) is 3. The van der Waals surface area contributed by atoms with Crippen LogP contribution in [0.25, 0.3) is 0 Å². The van der Waals surface area contributed by atoms with Gasteiger partial charge in [-0.1, -0.05) is 11.6 Å². The number of nitrogens with one attached hydrogen (secondary N) is 1. The molecule has 1 unspecified atom stereocenters. The zero-order chi connectivity index (χ0) is 12.1. The summed E-state index contributed by atoms with van der Waals surface area (Å²) in [5.74, 6) is -1.66. The maximum absolute atomic E-state index is 13.0. The second-order valence-electron chi connectivity index (χ2n) is 3.26. The van der Waals surface area contributed by atoms with E-state index >= 15 is 0 Å². The van der Waals surface area contributed by atoms with Crippen molar-refractivity contribution in [3.05, 3.63) is 29.0 Å². The van der Waals surface area contributed by atoms with Crippen LogP contribution in [0.2, 0.25) is 5.02 Å². The van der Waals surface area contributed by atoms with Crippen LogP contribution >= 0.6 is 11.6 Å². The number of rotatable bonds is 5. The minimum atomic E-state index is -1.09. The topological polar surface area (TPSA) is 69.6 Å². The zero-order valence-corrected chi connectivity index (χ0v) is 9.04. The molecule has 1 aromatic rings. The third kappa shape index (κ3) is 4.04. The van der Waals surface area contributed by atoms with Crippen molar-refractivity contribution in [1.82, 2.24) is 0 Å². The van der Waals surface area contributed by atoms with E-state index in [4.69, 9.17) is 16.7 Å². The van der Waals surface area contributed by atoms with E-state index in [-0.39, 0.29) is 18.0 Å². The molecule has 0 fully saturated rings. The molecule has 0 saturated heterocycles. The number of carboxylic acid groups (broad SMARTS) is 1. The van der Waals surface area contributed by atoms with Crippen molar-refractivity contribution in [2.75, 3.05) is 11.9 Å². The van der Waals surface area contributed by atoms with Crippen molar-refractivity contribution >= 4 is 23.3 Å². The maximum Gasteiger partial charge on any atom is 0.306 e. The Kier molecular flexibility index (Phi) is 4.52. The number of aliphatic hydroxyl groups excluding tert-OH is 1. The SMILES string of the molecule is O=C(O)CC(O)CNc1ccc(Cl)c(F)c1. The fraction of sp³-hybridized carbons (Fsp3) is 0.300. The van der Waals surface area contributed by atoms with E-state index in [0.29, 0.717) is 5.69 Å². The number of carboxylic acids is 1. The molecule has 1 aromatic carbocycles. The van der Waals surface area contributed by atoms with Crippen LogP contribution in [0.3, 0.4) is 0 Å². The maximum atomic E-state index is 13.0. The van der Waals surface area contributed by atoms with Gasteiger partial charge in [0.25, 0.3) is 0 Å². The quantitative estimate of drug-likeness (QED) is 0.741. The summed E-state index contributed by atoms with van der Waals surface area (Å²) in [4.78, 5) is 10.3. The molecule has 0 aliphatic heterocycles. The molecule has 16 heavy (non-hydrogen) atoms. The molecule has 0 amide bonds. The Morgan fingerprint density at radius 2 is 2.25 bits per heavy atom. The first-order valence-electron chi connectivity index (χ1n) is 4.58. The Labute approximate surface area is 96.7 Å². The zero-order valence-electron chi connectivity index (χ0n) is 8.28. The summed E-state index contributed by atoms with van der Waals surface area (Å²) < 4.78 is 13.0. The van der Waals surface area contributed by atoms with Gasteiger partial charge < -0.3 is 15.5 Å². The van der Waals surface area contributed by atoms with Crippen LogP contribution in [0, 0.1) is 5.82 Å². The van der Waals surface area contributed by atoms with Gasteiger partial charge in [0.2, 0.25) is 0 Å². The molecule has 6 heteroatoms. The van der Waals surface area contributed by atoms with Crippen molar-refractivity contribution in [1.29, 1.82) is 0 Å². The Morgan fingerprint density at radius 3 is 2.81 bits per heavy atom. The Morgan fingerprint density at radius 1 is 1.56 bits per heavy atom. The van der Waals surface area contributed by atoms with Crippen LogP contribution < -0.4 is 5.32 Å². The van der Waals surface area contributed by atoms with Crippen LogP contribution in [-0.2, 0) is 4.79 Å². The highest BCUT2D eigenvalue weighted by Crippen LogP contribution is 2.18. The highest BCUT2D eigenvalue weighted by Gasteiger charge is 2.09. The molecule has 3 N–H and O–H groups in total. The highest BCUT2D eigenvalue weighted by molar-refractivity contribution is 6.30. The summed E-state index contributed by atoms with van der Waals surface area (Å²) in [6, 6.07) is 4.09. The van der Waals surface area contributed by atoms with Gasteiger partial charge in [-0.3, -0.25) is 4.79 Å². The molecule has 0 aliphatic rings. The third-order valence-corrected chi connectivity index (χ3v) is 2.18. The lowest BCUT2D eigenvalue weighted by atomic mass is 10.2. The first kappa shape index (κ1) is 12.7. The standard InChI is InChI=1S/C10H11ClFNO3/c11-8-2-1-6(3-9(8)12)13-5-7(14)4-10(15)16/h1-3,7,13-14H,4-5H2,(H,15,16). The first-order chi connectivity index (χ1) is 7.49. The third-order valence-electron chi connectivity index (χ3n) is 1.87. The van der Waals surface area contributed by atoms with Gasteiger partial charge in [-0.25, -0.2) is 4.39 Å². The summed E-state index contributed by atoms with van der Waals surface area (Å²) >= 11 is 5.48. The normalized spacial score (nSPS) is 12.2. The van der Waals surface area contributed by atoms with Gasteiger partial charge in [0.15, 0.2) is 0 Å². The lowest BCUT2D eigenvalue weighted by molar-refractivity contribution is -0.138. The van der Waals surface area contributed by atoms with E-state index in [1.807, 2.05) is 0 Å². The van der Waals surface area contributed by atoms with E-state index in [1.165, 1.54) is 12.1 Å². The summed E-state index contributed by atoms with van der Waals surface area (Å²) in [7, 11) is 0. The van der Waals surface area contributed by atoms with Crippen molar-refractivity contribution < 1.29 is 19.4 Å². The van der Waals surface area contributed by atoms with Crippen molar-refractivity contribution in [3.8, 4) is 0 Å². The summed E-state index contributed by atoms with van der Waals surface area (Å²) in [5.41, 5.74) is 0.436. The van der Waals surface area contributed by atoms with Gasteiger partial charge in [-0.05, 0) is 18.2 Å². The van der Waals surface area contributed by atoms with Gasteiger partial charge in [0, 0.05) is 12.2 Å². The fourth-order valence-electron chi connectivity index (χ4n) is 1.12. The fourth-order valence-corrected chi connectivity index (χ4v) is 1.23. The van der Waals surface area contributed by atoms with Gasteiger partial charge >= 0.3 is 5.97 Å². The summed E-state index contributed by atoms with van der Waals surface area (Å²) in [5, 5.41) is 20.4. The lowest BCUT2D eigenvalue weighted by Gasteiger charge is -2.10. The van der Waals surface area contributed by atoms with Gasteiger partial charge in [0.05, 0.1) is 17.5 Å². The van der Waals surface area contributed by atoms with Crippen LogP contribution in [0.4, 0.5) is 10.1 Å². The van der Waals surface area contributed by atoms with Crippen LogP contribution in [0.1, 0.15) is 6.42 Å². The van der Waals surface area contributed by atoms with Crippen LogP contribution in [0.5, 0.6) is 0 Å². The molecule has 0 aromatic heterocycles. The van der Waals surface area contributed by atoms with Gasteiger partial charge in [-0.15, -0.1) is 0 Å². The van der Waals surface area contributed by atoms with Gasteiger partial charge in [0.1, 0.15) is 5.82 Å². The lowest BCUT2D eigenvalue weighted by Crippen LogP contribution is -2.22. The molecule has 0 spiro atoms. The number of anilines is 1. The van der Waals surface area contributed by atoms with E-state index in [1.54, 1.807) is 6.07 Å². The monoisotopic (exact) mass is 247 g/mol. The summed E-state index contributed by atoms with van der Waals surface area (Å²) in [6.45, 7) is 0.0351. The Bertz CT molecular complexity index is 386. The van der Waals surface area contributed by atoms with E-state index in [9.17, 15) is 14.3 Å². The molecule has 1 rings (SSSR count). The summed E-state index contributed by atoms with van der Waals surface area (Å²) in [6.07, 6.45) is -1.38.